The van der Waals surface area contributed by atoms with Gasteiger partial charge in [0.1, 0.15) is 0 Å². The van der Waals surface area contributed by atoms with Crippen molar-refractivity contribution in [2.45, 2.75) is 25.0 Å². The first kappa shape index (κ1) is 17.2. The summed E-state index contributed by atoms with van der Waals surface area (Å²) in [5.74, 6) is 0.856. The molecule has 7 nitrogen and oxygen atoms in total. The summed E-state index contributed by atoms with van der Waals surface area (Å²) in [6.07, 6.45) is 12.0. The fourth-order valence-corrected chi connectivity index (χ4v) is 4.73. The van der Waals surface area contributed by atoms with Crippen LogP contribution in [0.15, 0.2) is 61.7 Å². The Morgan fingerprint density at radius 2 is 1.68 bits per heavy atom. The number of rotatable bonds is 3. The van der Waals surface area contributed by atoms with E-state index < -0.39 is 0 Å². The lowest BCUT2D eigenvalue weighted by molar-refractivity contribution is 0.0357. The molecule has 28 heavy (non-hydrogen) atoms. The molecule has 1 aromatic carbocycles. The van der Waals surface area contributed by atoms with Gasteiger partial charge < -0.3 is 19.1 Å². The Bertz CT molecular complexity index is 936. The summed E-state index contributed by atoms with van der Waals surface area (Å²) < 4.78 is 3.91. The zero-order valence-corrected chi connectivity index (χ0v) is 15.5. The van der Waals surface area contributed by atoms with Crippen molar-refractivity contribution in [3.05, 3.63) is 67.3 Å². The molecule has 0 radical (unpaired) electrons. The van der Waals surface area contributed by atoms with Crippen LogP contribution in [0.2, 0.25) is 0 Å². The van der Waals surface area contributed by atoms with Crippen LogP contribution in [-0.2, 0) is 0 Å². The number of hydrogen-bond donors (Lipinski definition) is 1. The summed E-state index contributed by atoms with van der Waals surface area (Å²) in [6, 6.07) is 7.69. The van der Waals surface area contributed by atoms with Crippen molar-refractivity contribution in [3.8, 4) is 5.69 Å². The van der Waals surface area contributed by atoms with Crippen molar-refractivity contribution in [1.29, 1.82) is 0 Å². The molecular weight excluding hydrogens is 354 g/mol. The van der Waals surface area contributed by atoms with Gasteiger partial charge in [-0.2, -0.15) is 0 Å². The van der Waals surface area contributed by atoms with E-state index in [1.807, 2.05) is 50.7 Å². The van der Waals surface area contributed by atoms with E-state index in [0.29, 0.717) is 17.4 Å². The Morgan fingerprint density at radius 1 is 0.964 bits per heavy atom. The first-order valence-electron chi connectivity index (χ1n) is 9.72. The topological polar surface area (TPSA) is 76.2 Å². The number of carbonyl (C=O) groups is 1. The second-order valence-electron chi connectivity index (χ2n) is 7.86. The lowest BCUT2D eigenvalue weighted by Crippen LogP contribution is -2.35. The average molecular weight is 377 g/mol. The third-order valence-electron chi connectivity index (χ3n) is 6.22. The third-order valence-corrected chi connectivity index (χ3v) is 6.22. The smallest absolute Gasteiger partial charge is 0.253 e. The molecule has 2 aromatic heterocycles. The molecule has 3 heterocycles. The van der Waals surface area contributed by atoms with Crippen LogP contribution in [0.4, 0.5) is 0 Å². The fraction of sp³-hybridized carbons (Fsp3) is 0.381. The molecule has 144 valence electrons. The van der Waals surface area contributed by atoms with Crippen LogP contribution in [0.3, 0.4) is 0 Å². The van der Waals surface area contributed by atoms with E-state index in [1.165, 1.54) is 0 Å². The lowest BCUT2D eigenvalue weighted by atomic mass is 9.77. The minimum Gasteiger partial charge on any atom is -0.391 e. The Kier molecular flexibility index (Phi) is 4.24. The molecule has 2 fully saturated rings. The SMILES string of the molecule is O=C(c1ccc(-n2ccnc2)cc1)N1C[C@H]2C[C@@H](n3ccnc3)[C@H](O)C[C@H]2C1. The van der Waals surface area contributed by atoms with Gasteiger partial charge in [0.05, 0.1) is 24.8 Å². The zero-order chi connectivity index (χ0) is 19.1. The number of fused-ring (bicyclic) bond motifs is 1. The van der Waals surface area contributed by atoms with Gasteiger partial charge in [0.2, 0.25) is 0 Å². The number of nitrogens with zero attached hydrogens (tertiary/aromatic N) is 5. The second-order valence-corrected chi connectivity index (χ2v) is 7.86. The van der Waals surface area contributed by atoms with Crippen LogP contribution in [0.25, 0.3) is 5.69 Å². The highest BCUT2D eigenvalue weighted by Gasteiger charge is 2.43. The van der Waals surface area contributed by atoms with Gasteiger partial charge in [-0.05, 0) is 48.9 Å². The highest BCUT2D eigenvalue weighted by atomic mass is 16.3. The maximum atomic E-state index is 13.0. The van der Waals surface area contributed by atoms with Crippen molar-refractivity contribution < 1.29 is 9.90 Å². The third kappa shape index (κ3) is 3.01. The molecule has 1 aliphatic heterocycles. The van der Waals surface area contributed by atoms with Crippen LogP contribution in [0.1, 0.15) is 29.2 Å². The van der Waals surface area contributed by atoms with Gasteiger partial charge in [-0.3, -0.25) is 4.79 Å². The average Bonchev–Trinajstić information content (AvgIpc) is 3.47. The fourth-order valence-electron chi connectivity index (χ4n) is 4.73. The van der Waals surface area contributed by atoms with E-state index in [0.717, 1.165) is 31.6 Å². The number of benzene rings is 1. The molecule has 4 atom stereocenters. The maximum absolute atomic E-state index is 13.0. The van der Waals surface area contributed by atoms with Gasteiger partial charge in [-0.15, -0.1) is 0 Å². The van der Waals surface area contributed by atoms with Crippen LogP contribution in [0, 0.1) is 11.8 Å². The van der Waals surface area contributed by atoms with Crippen LogP contribution >= 0.6 is 0 Å². The first-order valence-corrected chi connectivity index (χ1v) is 9.72. The Morgan fingerprint density at radius 3 is 2.36 bits per heavy atom. The minimum atomic E-state index is -0.389. The quantitative estimate of drug-likeness (QED) is 0.759. The number of aliphatic hydroxyl groups is 1. The predicted octanol–water partition coefficient (Wildman–Crippen LogP) is 2.15. The van der Waals surface area contributed by atoms with Crippen LogP contribution in [0.5, 0.6) is 0 Å². The second kappa shape index (κ2) is 6.91. The lowest BCUT2D eigenvalue weighted by Gasteiger charge is -2.35. The van der Waals surface area contributed by atoms with Crippen molar-refractivity contribution in [2.24, 2.45) is 11.8 Å². The van der Waals surface area contributed by atoms with E-state index in [-0.39, 0.29) is 18.1 Å². The Balaban J connectivity index is 1.28. The van der Waals surface area contributed by atoms with Gasteiger partial charge in [-0.25, -0.2) is 9.97 Å². The van der Waals surface area contributed by atoms with E-state index in [2.05, 4.69) is 9.97 Å². The number of imidazole rings is 2. The number of aromatic nitrogens is 4. The molecule has 7 heteroatoms. The normalized spacial score (nSPS) is 27.0. The molecule has 0 spiro atoms. The molecular formula is C21H23N5O2. The molecule has 1 aliphatic carbocycles. The van der Waals surface area contributed by atoms with E-state index in [4.69, 9.17) is 0 Å². The number of likely N-dealkylation sites (tertiary alicyclic amines) is 1. The summed E-state index contributed by atoms with van der Waals surface area (Å²) in [6.45, 7) is 1.48. The molecule has 0 bridgehead atoms. The Labute approximate surface area is 163 Å². The van der Waals surface area contributed by atoms with Gasteiger partial charge in [0, 0.05) is 49.1 Å². The minimum absolute atomic E-state index is 0.0493. The van der Waals surface area contributed by atoms with Gasteiger partial charge in [-0.1, -0.05) is 0 Å². The van der Waals surface area contributed by atoms with Gasteiger partial charge >= 0.3 is 0 Å². The highest BCUT2D eigenvalue weighted by Crippen LogP contribution is 2.41. The molecule has 1 saturated heterocycles. The number of carbonyl (C=O) groups excluding carboxylic acids is 1. The molecule has 1 N–H and O–H groups in total. The Hall–Kier alpha value is -2.93. The zero-order valence-electron chi connectivity index (χ0n) is 15.5. The molecule has 5 rings (SSSR count). The molecule has 1 saturated carbocycles. The van der Waals surface area contributed by atoms with Crippen LogP contribution < -0.4 is 0 Å². The van der Waals surface area contributed by atoms with E-state index in [1.54, 1.807) is 25.0 Å². The van der Waals surface area contributed by atoms with E-state index >= 15 is 0 Å². The number of aliphatic hydroxyl groups excluding tert-OH is 1. The molecule has 2 aliphatic rings. The molecule has 1 amide bonds. The standard InChI is InChI=1S/C21H23N5O2/c27-20-10-17-12-26(11-16(17)9-19(20)25-8-6-23-14-25)21(28)15-1-3-18(4-2-15)24-7-5-22-13-24/h1-8,13-14,16-17,19-20,27H,9-12H2/t16-,17+,19-,20-/m1/s1. The summed E-state index contributed by atoms with van der Waals surface area (Å²) in [5.41, 5.74) is 1.68. The van der Waals surface area contributed by atoms with Crippen molar-refractivity contribution in [3.63, 3.8) is 0 Å². The van der Waals surface area contributed by atoms with Crippen LogP contribution in [-0.4, -0.2) is 54.2 Å². The van der Waals surface area contributed by atoms with E-state index in [9.17, 15) is 9.90 Å². The largest absolute Gasteiger partial charge is 0.391 e. The summed E-state index contributed by atoms with van der Waals surface area (Å²) in [4.78, 5) is 23.1. The highest BCUT2D eigenvalue weighted by molar-refractivity contribution is 5.94. The predicted molar refractivity (Wildman–Crippen MR) is 103 cm³/mol. The van der Waals surface area contributed by atoms with Gasteiger partial charge in [0.25, 0.3) is 5.91 Å². The molecule has 3 aromatic rings. The van der Waals surface area contributed by atoms with Crippen molar-refractivity contribution >= 4 is 5.91 Å². The monoisotopic (exact) mass is 377 g/mol. The first-order chi connectivity index (χ1) is 13.7. The van der Waals surface area contributed by atoms with Gasteiger partial charge in [0.15, 0.2) is 0 Å². The summed E-state index contributed by atoms with van der Waals surface area (Å²) in [7, 11) is 0. The summed E-state index contributed by atoms with van der Waals surface area (Å²) in [5, 5.41) is 10.6. The summed E-state index contributed by atoms with van der Waals surface area (Å²) >= 11 is 0. The number of hydrogen-bond acceptors (Lipinski definition) is 4. The maximum Gasteiger partial charge on any atom is 0.253 e. The molecule has 0 unspecified atom stereocenters. The number of amides is 1. The van der Waals surface area contributed by atoms with Crippen molar-refractivity contribution in [1.82, 2.24) is 24.0 Å². The van der Waals surface area contributed by atoms with Crippen molar-refractivity contribution in [2.75, 3.05) is 13.1 Å².